The molecule has 1 N–H and O–H groups in total. The average molecular weight is 292 g/mol. The van der Waals surface area contributed by atoms with E-state index in [0.717, 1.165) is 6.54 Å². The molecule has 1 rings (SSSR count). The third-order valence-corrected chi connectivity index (χ3v) is 3.09. The van der Waals surface area contributed by atoms with Crippen molar-refractivity contribution < 1.29 is 4.79 Å². The zero-order chi connectivity index (χ0) is 15.1. The number of nitrogens with one attached hydrogen (secondary N) is 1. The van der Waals surface area contributed by atoms with Gasteiger partial charge in [-0.2, -0.15) is 0 Å². The number of hydrogen-bond donors (Lipinski definition) is 1. The second-order valence-electron chi connectivity index (χ2n) is 5.76. The molecule has 1 amide bonds. The van der Waals surface area contributed by atoms with Gasteiger partial charge in [0.25, 0.3) is 5.91 Å². The van der Waals surface area contributed by atoms with E-state index in [0.29, 0.717) is 29.1 Å². The number of nitrogens with zero attached hydrogens (tertiary/aromatic N) is 1. The molecule has 4 heteroatoms. The fraction of sp³-hybridized carbons (Fsp3) is 0.500. The lowest BCUT2D eigenvalue weighted by Crippen LogP contribution is -2.46. The Balaban J connectivity index is 2.83. The first kappa shape index (κ1) is 16.6. The highest BCUT2D eigenvalue weighted by Crippen LogP contribution is 2.08. The molecule has 0 aliphatic heterocycles. The van der Waals surface area contributed by atoms with Gasteiger partial charge in [0.05, 0.1) is 0 Å². The van der Waals surface area contributed by atoms with Crippen LogP contribution < -0.4 is 5.32 Å². The number of carbonyl (C=O) groups excluding carboxylic acids is 1. The van der Waals surface area contributed by atoms with Gasteiger partial charge in [0.1, 0.15) is 0 Å². The molecule has 1 aromatic rings. The van der Waals surface area contributed by atoms with Crippen molar-refractivity contribution in [1.82, 2.24) is 10.2 Å². The van der Waals surface area contributed by atoms with Gasteiger partial charge in [0, 0.05) is 18.7 Å². The van der Waals surface area contributed by atoms with Crippen LogP contribution >= 0.6 is 12.2 Å². The Labute approximate surface area is 127 Å². The fourth-order valence-corrected chi connectivity index (χ4v) is 1.99. The molecule has 0 aliphatic carbocycles. The second-order valence-corrected chi connectivity index (χ2v) is 6.14. The maximum atomic E-state index is 12.6. The predicted molar refractivity (Wildman–Crippen MR) is 87.8 cm³/mol. The third kappa shape index (κ3) is 5.29. The van der Waals surface area contributed by atoms with Crippen LogP contribution in [0.4, 0.5) is 0 Å². The molecular formula is C16H24N2OS. The van der Waals surface area contributed by atoms with Crippen molar-refractivity contribution >= 4 is 23.2 Å². The van der Waals surface area contributed by atoms with E-state index in [1.54, 1.807) is 4.90 Å². The number of carbonyl (C=O) groups is 1. The number of amides is 1. The van der Waals surface area contributed by atoms with Gasteiger partial charge in [0.15, 0.2) is 5.11 Å². The van der Waals surface area contributed by atoms with Crippen molar-refractivity contribution in [2.45, 2.75) is 27.7 Å². The number of benzene rings is 1. The average Bonchev–Trinajstić information content (AvgIpc) is 2.42. The smallest absolute Gasteiger partial charge is 0.260 e. The van der Waals surface area contributed by atoms with Crippen LogP contribution in [0, 0.1) is 11.8 Å². The molecule has 0 heterocycles. The van der Waals surface area contributed by atoms with Gasteiger partial charge < -0.3 is 5.32 Å². The normalized spacial score (nSPS) is 10.7. The van der Waals surface area contributed by atoms with Gasteiger partial charge in [-0.1, -0.05) is 45.9 Å². The molecule has 0 saturated carbocycles. The standard InChI is InChI=1S/C16H24N2OS/c1-12(2)10-17-16(20)18(11-13(3)4)15(19)14-8-6-5-7-9-14/h5-9,12-13H,10-11H2,1-4H3,(H,17,20). The molecule has 0 bridgehead atoms. The van der Waals surface area contributed by atoms with E-state index in [2.05, 4.69) is 33.0 Å². The molecule has 0 unspecified atom stereocenters. The molecule has 1 aromatic carbocycles. The maximum Gasteiger partial charge on any atom is 0.260 e. The summed E-state index contributed by atoms with van der Waals surface area (Å²) in [5, 5.41) is 3.69. The molecule has 110 valence electrons. The molecule has 0 fully saturated rings. The van der Waals surface area contributed by atoms with Gasteiger partial charge in [-0.25, -0.2) is 0 Å². The first-order valence-corrected chi connectivity index (χ1v) is 7.47. The van der Waals surface area contributed by atoms with Crippen LogP contribution in [-0.2, 0) is 0 Å². The van der Waals surface area contributed by atoms with Crippen LogP contribution in [0.3, 0.4) is 0 Å². The Kier molecular flexibility index (Phi) is 6.65. The van der Waals surface area contributed by atoms with Crippen molar-refractivity contribution in [1.29, 1.82) is 0 Å². The summed E-state index contributed by atoms with van der Waals surface area (Å²) in [5.74, 6) is 0.808. The lowest BCUT2D eigenvalue weighted by atomic mass is 10.1. The minimum absolute atomic E-state index is 0.0412. The zero-order valence-electron chi connectivity index (χ0n) is 12.7. The molecular weight excluding hydrogens is 268 g/mol. The number of thiocarbonyl (C=S) groups is 1. The lowest BCUT2D eigenvalue weighted by Gasteiger charge is -2.26. The summed E-state index contributed by atoms with van der Waals surface area (Å²) in [5.41, 5.74) is 0.668. The minimum atomic E-state index is -0.0412. The van der Waals surface area contributed by atoms with Crippen molar-refractivity contribution in [2.24, 2.45) is 11.8 Å². The van der Waals surface area contributed by atoms with E-state index >= 15 is 0 Å². The van der Waals surface area contributed by atoms with E-state index in [-0.39, 0.29) is 5.91 Å². The summed E-state index contributed by atoms with van der Waals surface area (Å²) in [4.78, 5) is 14.2. The highest BCUT2D eigenvalue weighted by molar-refractivity contribution is 7.80. The van der Waals surface area contributed by atoms with E-state index in [1.165, 1.54) is 0 Å². The van der Waals surface area contributed by atoms with Crippen LogP contribution in [0.15, 0.2) is 30.3 Å². The molecule has 0 aromatic heterocycles. The summed E-state index contributed by atoms with van der Waals surface area (Å²) in [7, 11) is 0. The molecule has 20 heavy (non-hydrogen) atoms. The van der Waals surface area contributed by atoms with E-state index in [9.17, 15) is 4.79 Å². The zero-order valence-corrected chi connectivity index (χ0v) is 13.5. The van der Waals surface area contributed by atoms with Gasteiger partial charge in [-0.05, 0) is 36.2 Å². The molecule has 0 aliphatic rings. The third-order valence-electron chi connectivity index (χ3n) is 2.72. The molecule has 0 atom stereocenters. The quantitative estimate of drug-likeness (QED) is 0.845. The van der Waals surface area contributed by atoms with Crippen molar-refractivity contribution in [2.75, 3.05) is 13.1 Å². The van der Waals surface area contributed by atoms with Crippen molar-refractivity contribution in [3.05, 3.63) is 35.9 Å². The Morgan fingerprint density at radius 1 is 1.15 bits per heavy atom. The lowest BCUT2D eigenvalue weighted by molar-refractivity contribution is 0.0833. The van der Waals surface area contributed by atoms with E-state index in [1.807, 2.05) is 30.3 Å². The Hall–Kier alpha value is -1.42. The van der Waals surface area contributed by atoms with E-state index < -0.39 is 0 Å². The highest BCUT2D eigenvalue weighted by atomic mass is 32.1. The second kappa shape index (κ2) is 8.00. The van der Waals surface area contributed by atoms with Gasteiger partial charge >= 0.3 is 0 Å². The van der Waals surface area contributed by atoms with Gasteiger partial charge in [-0.15, -0.1) is 0 Å². The summed E-state index contributed by atoms with van der Waals surface area (Å²) < 4.78 is 0. The highest BCUT2D eigenvalue weighted by Gasteiger charge is 2.20. The summed E-state index contributed by atoms with van der Waals surface area (Å²) in [6, 6.07) is 9.27. The summed E-state index contributed by atoms with van der Waals surface area (Å²) >= 11 is 5.38. The SMILES string of the molecule is CC(C)CNC(=S)N(CC(C)C)C(=O)c1ccccc1. The van der Waals surface area contributed by atoms with Gasteiger partial charge in [0.2, 0.25) is 0 Å². The van der Waals surface area contributed by atoms with Crippen LogP contribution in [-0.4, -0.2) is 29.0 Å². The van der Waals surface area contributed by atoms with Crippen LogP contribution in [0.2, 0.25) is 0 Å². The van der Waals surface area contributed by atoms with Crippen LogP contribution in [0.5, 0.6) is 0 Å². The number of hydrogen-bond acceptors (Lipinski definition) is 2. The largest absolute Gasteiger partial charge is 0.362 e. The van der Waals surface area contributed by atoms with Crippen LogP contribution in [0.25, 0.3) is 0 Å². The summed E-state index contributed by atoms with van der Waals surface area (Å²) in [6.45, 7) is 9.78. The van der Waals surface area contributed by atoms with E-state index in [4.69, 9.17) is 12.2 Å². The fourth-order valence-electron chi connectivity index (χ4n) is 1.75. The molecule has 0 saturated heterocycles. The van der Waals surface area contributed by atoms with Gasteiger partial charge in [-0.3, -0.25) is 9.69 Å². The Bertz CT molecular complexity index is 443. The van der Waals surface area contributed by atoms with Crippen LogP contribution in [0.1, 0.15) is 38.1 Å². The summed E-state index contributed by atoms with van der Waals surface area (Å²) in [6.07, 6.45) is 0. The maximum absolute atomic E-state index is 12.6. The Morgan fingerprint density at radius 3 is 2.25 bits per heavy atom. The van der Waals surface area contributed by atoms with Crippen molar-refractivity contribution in [3.8, 4) is 0 Å². The van der Waals surface area contributed by atoms with Crippen molar-refractivity contribution in [3.63, 3.8) is 0 Å². The predicted octanol–water partition coefficient (Wildman–Crippen LogP) is 3.32. The molecule has 0 spiro atoms. The Morgan fingerprint density at radius 2 is 1.75 bits per heavy atom. The first-order chi connectivity index (χ1) is 9.41. The first-order valence-electron chi connectivity index (χ1n) is 7.06. The minimum Gasteiger partial charge on any atom is -0.362 e. The number of rotatable bonds is 5. The molecule has 3 nitrogen and oxygen atoms in total. The molecule has 0 radical (unpaired) electrons. The monoisotopic (exact) mass is 292 g/mol. The topological polar surface area (TPSA) is 32.3 Å².